The molecule has 2 aromatic carbocycles. The lowest BCUT2D eigenvalue weighted by molar-refractivity contribution is 0.112. The molecule has 0 fully saturated rings. The number of hydrogen-bond acceptors (Lipinski definition) is 6. The molecule has 3 aromatic rings. The number of benzene rings is 2. The van der Waals surface area contributed by atoms with Crippen LogP contribution in [0.15, 0.2) is 89.6 Å². The molecule has 1 atom stereocenters. The number of rotatable bonds is 11. The van der Waals surface area contributed by atoms with E-state index in [4.69, 9.17) is 9.63 Å². The third-order valence-electron chi connectivity index (χ3n) is 6.16. The van der Waals surface area contributed by atoms with Gasteiger partial charge < -0.3 is 14.3 Å². The van der Waals surface area contributed by atoms with Gasteiger partial charge in [0.05, 0.1) is 16.3 Å². The smallest absolute Gasteiger partial charge is 0.166 e. The summed E-state index contributed by atoms with van der Waals surface area (Å²) in [7, 11) is 1.64. The fourth-order valence-electron chi connectivity index (χ4n) is 4.06. The molecule has 0 aliphatic heterocycles. The van der Waals surface area contributed by atoms with Crippen molar-refractivity contribution >= 4 is 48.7 Å². The molecule has 1 aromatic heterocycles. The molecule has 0 aliphatic rings. The van der Waals surface area contributed by atoms with Gasteiger partial charge in [0.15, 0.2) is 14.6 Å². The summed E-state index contributed by atoms with van der Waals surface area (Å²) in [4.78, 5) is 18.4. The second-order valence-corrected chi connectivity index (χ2v) is 12.2. The van der Waals surface area contributed by atoms with Crippen LogP contribution in [0.3, 0.4) is 0 Å². The van der Waals surface area contributed by atoms with Crippen molar-refractivity contribution in [3.8, 4) is 10.4 Å². The predicted molar refractivity (Wildman–Crippen MR) is 176 cm³/mol. The second-order valence-electron chi connectivity index (χ2n) is 9.27. The number of carbonyl (C=O) groups excluding carboxylic acids is 1. The van der Waals surface area contributed by atoms with Crippen LogP contribution in [0.4, 0.5) is 5.69 Å². The molecule has 1 N–H and O–H groups in total. The largest absolute Gasteiger partial charge is 0.400 e. The van der Waals surface area contributed by atoms with E-state index < -0.39 is 8.30 Å². The Morgan fingerprint density at radius 2 is 1.73 bits per heavy atom. The fourth-order valence-corrected chi connectivity index (χ4v) is 6.92. The minimum Gasteiger partial charge on any atom is -0.400 e. The van der Waals surface area contributed by atoms with E-state index in [9.17, 15) is 4.79 Å². The average Bonchev–Trinajstić information content (AvgIpc) is 3.40. The van der Waals surface area contributed by atoms with Gasteiger partial charge in [-0.2, -0.15) is 0 Å². The first kappa shape index (κ1) is 33.1. The van der Waals surface area contributed by atoms with Crippen LogP contribution in [0, 0.1) is 6.92 Å². The van der Waals surface area contributed by atoms with E-state index in [0.29, 0.717) is 4.88 Å². The summed E-state index contributed by atoms with van der Waals surface area (Å²) >= 11 is 1.52. The summed E-state index contributed by atoms with van der Waals surface area (Å²) in [6.45, 7) is 16.2. The van der Waals surface area contributed by atoms with Gasteiger partial charge in [-0.25, -0.2) is 0 Å². The summed E-state index contributed by atoms with van der Waals surface area (Å²) in [5, 5.41) is 8.12. The highest BCUT2D eigenvalue weighted by Crippen LogP contribution is 2.49. The molecular formula is C33H41N2O3PS. The molecule has 1 heterocycles. The summed E-state index contributed by atoms with van der Waals surface area (Å²) in [5.41, 5.74) is 7.36. The monoisotopic (exact) mass is 576 g/mol. The number of nitrogens with zero attached hydrogens (tertiary/aromatic N) is 2. The normalized spacial score (nSPS) is 13.0. The van der Waals surface area contributed by atoms with Crippen molar-refractivity contribution in [2.75, 3.05) is 18.9 Å². The van der Waals surface area contributed by atoms with E-state index in [1.165, 1.54) is 16.9 Å². The molecule has 0 saturated heterocycles. The molecule has 0 aliphatic carbocycles. The van der Waals surface area contributed by atoms with Crippen LogP contribution in [0.25, 0.3) is 16.0 Å². The molecule has 3 rings (SSSR count). The van der Waals surface area contributed by atoms with Crippen molar-refractivity contribution in [3.05, 3.63) is 101 Å². The van der Waals surface area contributed by atoms with Gasteiger partial charge >= 0.3 is 0 Å². The van der Waals surface area contributed by atoms with E-state index in [2.05, 4.69) is 105 Å². The Kier molecular flexibility index (Phi) is 13.4. The molecule has 40 heavy (non-hydrogen) atoms. The van der Waals surface area contributed by atoms with Crippen molar-refractivity contribution in [2.24, 2.45) is 4.99 Å². The van der Waals surface area contributed by atoms with Crippen LogP contribution in [0.1, 0.15) is 55.4 Å². The Hall–Kier alpha value is -3.15. The van der Waals surface area contributed by atoms with E-state index in [1.54, 1.807) is 13.3 Å². The topological polar surface area (TPSA) is 62.1 Å². The molecule has 7 heteroatoms. The van der Waals surface area contributed by atoms with Gasteiger partial charge in [-0.1, -0.05) is 66.7 Å². The quantitative estimate of drug-likeness (QED) is 0.107. The summed E-state index contributed by atoms with van der Waals surface area (Å²) in [6.07, 6.45) is 6.66. The van der Waals surface area contributed by atoms with Crippen molar-refractivity contribution in [1.82, 2.24) is 0 Å². The van der Waals surface area contributed by atoms with Crippen molar-refractivity contribution < 1.29 is 14.4 Å². The molecule has 0 saturated carbocycles. The maximum atomic E-state index is 12.2. The highest BCUT2D eigenvalue weighted by Gasteiger charge is 2.28. The SMILES string of the molecule is C=C/C(C)=C(/C=C(\C)c1ccc(-c2cc(N(C(C)C)P(OC)c3ccc(C)cc3)c(C=O)s2)cc1)N=CC.CO. The number of allylic oxidation sites excluding steroid dienone is 4. The number of aldehydes is 1. The Labute approximate surface area is 245 Å². The standard InChI is InChI=1S/C32H37N2O2PS.CH4O/c1-9-24(6)29(33-10-2)19-25(7)26-13-15-27(16-14-26)31-20-30(32(21-35)38-31)34(22(3)4)37(36-8)28-17-11-23(5)12-18-28;1-2/h9-22H,1H2,2-8H3;2H,1H3/b25-19+,29-24-,33-10?;. The first-order valence-corrected chi connectivity index (χ1v) is 15.1. The number of aliphatic hydroxyl groups is 1. The van der Waals surface area contributed by atoms with Crippen LogP contribution < -0.4 is 9.97 Å². The molecular weight excluding hydrogens is 535 g/mol. The highest BCUT2D eigenvalue weighted by atomic mass is 32.1. The average molecular weight is 577 g/mol. The third kappa shape index (κ3) is 8.18. The lowest BCUT2D eigenvalue weighted by Crippen LogP contribution is -2.30. The minimum absolute atomic E-state index is 0.144. The van der Waals surface area contributed by atoms with E-state index in [0.717, 1.165) is 57.2 Å². The number of aliphatic hydroxyl groups excluding tert-OH is 1. The van der Waals surface area contributed by atoms with Gasteiger partial charge in [-0.05, 0) is 76.0 Å². The van der Waals surface area contributed by atoms with Crippen LogP contribution in [-0.2, 0) is 4.52 Å². The van der Waals surface area contributed by atoms with Crippen molar-refractivity contribution in [2.45, 2.75) is 47.6 Å². The lowest BCUT2D eigenvalue weighted by Gasteiger charge is -2.35. The molecule has 0 spiro atoms. The molecule has 0 amide bonds. The Balaban J connectivity index is 0.00000274. The Morgan fingerprint density at radius 3 is 2.23 bits per heavy atom. The van der Waals surface area contributed by atoms with Crippen molar-refractivity contribution in [3.63, 3.8) is 0 Å². The number of anilines is 1. The third-order valence-corrected chi connectivity index (χ3v) is 9.42. The number of thiophene rings is 1. The number of aryl methyl sites for hydroxylation is 1. The van der Waals surface area contributed by atoms with Crippen LogP contribution >= 0.6 is 19.6 Å². The highest BCUT2D eigenvalue weighted by molar-refractivity contribution is 7.62. The van der Waals surface area contributed by atoms with Crippen LogP contribution in [-0.4, -0.2) is 37.9 Å². The summed E-state index contributed by atoms with van der Waals surface area (Å²) in [5.74, 6) is 0. The zero-order chi connectivity index (χ0) is 29.8. The molecule has 0 radical (unpaired) electrons. The Morgan fingerprint density at radius 1 is 1.10 bits per heavy atom. The summed E-state index contributed by atoms with van der Waals surface area (Å²) in [6, 6.07) is 19.2. The van der Waals surface area contributed by atoms with Gasteiger partial charge in [0, 0.05) is 36.7 Å². The minimum atomic E-state index is -1.10. The Bertz CT molecular complexity index is 1350. The zero-order valence-electron chi connectivity index (χ0n) is 24.8. The number of hydrogen-bond donors (Lipinski definition) is 1. The summed E-state index contributed by atoms with van der Waals surface area (Å²) < 4.78 is 8.28. The van der Waals surface area contributed by atoms with Gasteiger partial charge in [-0.3, -0.25) is 9.79 Å². The zero-order valence-corrected chi connectivity index (χ0v) is 26.5. The fraction of sp³-hybridized carbons (Fsp3) is 0.273. The van der Waals surface area contributed by atoms with Crippen molar-refractivity contribution in [1.29, 1.82) is 0 Å². The van der Waals surface area contributed by atoms with Gasteiger partial charge in [0.2, 0.25) is 0 Å². The lowest BCUT2D eigenvalue weighted by atomic mass is 10.0. The maximum absolute atomic E-state index is 12.2. The van der Waals surface area contributed by atoms with Gasteiger partial charge in [0.25, 0.3) is 0 Å². The van der Waals surface area contributed by atoms with E-state index in [1.807, 2.05) is 19.9 Å². The number of carbonyl (C=O) groups is 1. The van der Waals surface area contributed by atoms with E-state index >= 15 is 0 Å². The van der Waals surface area contributed by atoms with Gasteiger partial charge in [-0.15, -0.1) is 11.3 Å². The second kappa shape index (κ2) is 16.2. The first-order valence-electron chi connectivity index (χ1n) is 13.1. The molecule has 1 unspecified atom stereocenters. The van der Waals surface area contributed by atoms with Crippen LogP contribution in [0.5, 0.6) is 0 Å². The molecule has 0 bridgehead atoms. The van der Waals surface area contributed by atoms with Gasteiger partial charge in [0.1, 0.15) is 0 Å². The first-order chi connectivity index (χ1) is 19.2. The van der Waals surface area contributed by atoms with Crippen LogP contribution in [0.2, 0.25) is 0 Å². The number of aliphatic imine (C=N–C) groups is 1. The van der Waals surface area contributed by atoms with E-state index in [-0.39, 0.29) is 6.04 Å². The predicted octanol–water partition coefficient (Wildman–Crippen LogP) is 8.60. The maximum Gasteiger partial charge on any atom is 0.166 e. The molecule has 212 valence electrons. The molecule has 5 nitrogen and oxygen atoms in total.